The highest BCUT2D eigenvalue weighted by atomic mass is 35.5. The fourth-order valence-corrected chi connectivity index (χ4v) is 4.40. The molecule has 1 aliphatic rings. The molecule has 0 atom stereocenters. The van der Waals surface area contributed by atoms with Crippen LogP contribution in [0.15, 0.2) is 53.5 Å². The summed E-state index contributed by atoms with van der Waals surface area (Å²) in [6.07, 6.45) is 3.75. The molecule has 10 heteroatoms. The maximum atomic E-state index is 11.9. The largest absolute Gasteiger partial charge is 0.397 e. The molecular formula is C25H27ClN7O2+. The van der Waals surface area contributed by atoms with Crippen molar-refractivity contribution in [2.24, 2.45) is 10.7 Å². The number of halogens is 1. The Balaban J connectivity index is 1.42. The number of aromatic nitrogens is 4. The van der Waals surface area contributed by atoms with Gasteiger partial charge in [0.2, 0.25) is 11.7 Å². The Labute approximate surface area is 207 Å². The van der Waals surface area contributed by atoms with Gasteiger partial charge in [0.1, 0.15) is 5.52 Å². The summed E-state index contributed by atoms with van der Waals surface area (Å²) in [7, 11) is 0. The SMILES string of the molecule is Cc1[nH]nc2ccc3c(cc(C(N)=CC=NCCC(=O)NC4COC4)n3Cc3cccc(Cl)c3)[n+]12. The Bertz CT molecular complexity index is 1450. The van der Waals surface area contributed by atoms with Crippen molar-refractivity contribution in [3.05, 3.63) is 70.6 Å². The monoisotopic (exact) mass is 492 g/mol. The highest BCUT2D eigenvalue weighted by Crippen LogP contribution is 2.24. The zero-order valence-electron chi connectivity index (χ0n) is 19.4. The van der Waals surface area contributed by atoms with E-state index in [1.165, 1.54) is 0 Å². The summed E-state index contributed by atoms with van der Waals surface area (Å²) in [5, 5.41) is 11.0. The number of carbonyl (C=O) groups is 1. The van der Waals surface area contributed by atoms with Crippen LogP contribution < -0.4 is 15.5 Å². The molecule has 0 bridgehead atoms. The third-order valence-corrected chi connectivity index (χ3v) is 6.24. The minimum Gasteiger partial charge on any atom is -0.397 e. The Hall–Kier alpha value is -3.69. The van der Waals surface area contributed by atoms with E-state index in [9.17, 15) is 4.79 Å². The summed E-state index contributed by atoms with van der Waals surface area (Å²) in [5.74, 6) is 0.901. The molecule has 3 aromatic heterocycles. The number of H-pyrrole nitrogens is 1. The molecule has 5 rings (SSSR count). The predicted molar refractivity (Wildman–Crippen MR) is 135 cm³/mol. The summed E-state index contributed by atoms with van der Waals surface area (Å²) in [5.41, 5.74) is 11.9. The molecule has 9 nitrogen and oxygen atoms in total. The molecule has 1 aliphatic heterocycles. The highest BCUT2D eigenvalue weighted by molar-refractivity contribution is 6.30. The van der Waals surface area contributed by atoms with Crippen LogP contribution in [-0.2, 0) is 16.1 Å². The van der Waals surface area contributed by atoms with Gasteiger partial charge in [-0.3, -0.25) is 9.79 Å². The number of allylic oxidation sites excluding steroid dienone is 1. The number of amides is 1. The lowest BCUT2D eigenvalue weighted by atomic mass is 10.2. The van der Waals surface area contributed by atoms with Crippen LogP contribution in [0.25, 0.3) is 22.4 Å². The molecule has 1 amide bonds. The van der Waals surface area contributed by atoms with Crippen LogP contribution in [0.2, 0.25) is 5.02 Å². The molecule has 35 heavy (non-hydrogen) atoms. The maximum Gasteiger partial charge on any atom is 0.306 e. The quantitative estimate of drug-likeness (QED) is 0.259. The number of pyridine rings is 1. The van der Waals surface area contributed by atoms with Gasteiger partial charge in [-0.05, 0) is 29.8 Å². The number of carbonyl (C=O) groups excluding carboxylic acids is 1. The number of rotatable bonds is 8. The molecule has 4 N–H and O–H groups in total. The van der Waals surface area contributed by atoms with E-state index in [1.54, 1.807) is 12.3 Å². The van der Waals surface area contributed by atoms with Crippen molar-refractivity contribution in [2.45, 2.75) is 25.9 Å². The first-order chi connectivity index (χ1) is 17.0. The molecule has 180 valence electrons. The van der Waals surface area contributed by atoms with Gasteiger partial charge in [-0.2, -0.15) is 4.40 Å². The lowest BCUT2D eigenvalue weighted by molar-refractivity contribution is -0.490. The number of hydrogen-bond donors (Lipinski definition) is 3. The summed E-state index contributed by atoms with van der Waals surface area (Å²) in [6.45, 7) is 4.13. The van der Waals surface area contributed by atoms with Crippen LogP contribution in [0.4, 0.5) is 0 Å². The summed E-state index contributed by atoms with van der Waals surface area (Å²) >= 11 is 6.24. The van der Waals surface area contributed by atoms with Crippen molar-refractivity contribution < 1.29 is 13.9 Å². The predicted octanol–water partition coefficient (Wildman–Crippen LogP) is 2.39. The summed E-state index contributed by atoms with van der Waals surface area (Å²) in [4.78, 5) is 16.3. The van der Waals surface area contributed by atoms with Gasteiger partial charge in [-0.1, -0.05) is 23.7 Å². The van der Waals surface area contributed by atoms with Crippen molar-refractivity contribution in [2.75, 3.05) is 19.8 Å². The second kappa shape index (κ2) is 9.89. The highest BCUT2D eigenvalue weighted by Gasteiger charge is 2.20. The van der Waals surface area contributed by atoms with Gasteiger partial charge in [0.25, 0.3) is 0 Å². The van der Waals surface area contributed by atoms with Crippen molar-refractivity contribution >= 4 is 46.1 Å². The van der Waals surface area contributed by atoms with Crippen LogP contribution in [0, 0.1) is 6.92 Å². The number of nitrogens with two attached hydrogens (primary N) is 1. The average molecular weight is 493 g/mol. The van der Waals surface area contributed by atoms with Crippen LogP contribution >= 0.6 is 11.6 Å². The van der Waals surface area contributed by atoms with E-state index >= 15 is 0 Å². The standard InChI is InChI=1S/C25H26ClN7O2/c1-16-30-31-24-6-5-21-23(33(16)24)12-22(32(21)13-17-3-2-4-18(26)11-17)20(27)7-9-28-10-8-25(34)29-19-14-35-15-19/h2-7,9,11-12,19H,8,10,13-15H2,1H3,(H3,27,28,29,34)/p+1. The van der Waals surface area contributed by atoms with E-state index < -0.39 is 0 Å². The molecule has 4 heterocycles. The Morgan fingerprint density at radius 1 is 1.37 bits per heavy atom. The number of nitrogens with zero attached hydrogens (tertiary/aromatic N) is 4. The smallest absolute Gasteiger partial charge is 0.306 e. The lowest BCUT2D eigenvalue weighted by Crippen LogP contribution is -2.48. The third kappa shape index (κ3) is 4.91. The van der Waals surface area contributed by atoms with Crippen molar-refractivity contribution in [3.8, 4) is 0 Å². The first kappa shape index (κ1) is 23.1. The second-order valence-electron chi connectivity index (χ2n) is 8.58. The van der Waals surface area contributed by atoms with Crippen LogP contribution in [0.1, 0.15) is 23.5 Å². The van der Waals surface area contributed by atoms with E-state index in [2.05, 4.69) is 35.5 Å². The van der Waals surface area contributed by atoms with Crippen molar-refractivity contribution in [1.29, 1.82) is 0 Å². The van der Waals surface area contributed by atoms with E-state index in [-0.39, 0.29) is 11.9 Å². The van der Waals surface area contributed by atoms with Gasteiger partial charge in [-0.15, -0.1) is 5.10 Å². The number of ether oxygens (including phenoxy) is 1. The van der Waals surface area contributed by atoms with E-state index in [1.807, 2.05) is 43.3 Å². The molecule has 1 saturated heterocycles. The number of aryl methyl sites for hydroxylation is 1. The first-order valence-corrected chi connectivity index (χ1v) is 11.8. The molecule has 0 unspecified atom stereocenters. The number of benzene rings is 1. The minimum absolute atomic E-state index is 0.0226. The molecule has 0 radical (unpaired) electrons. The minimum atomic E-state index is -0.0226. The van der Waals surface area contributed by atoms with E-state index in [0.717, 1.165) is 33.8 Å². The fourth-order valence-electron chi connectivity index (χ4n) is 4.19. The maximum absolute atomic E-state index is 11.9. The third-order valence-electron chi connectivity index (χ3n) is 6.00. The van der Waals surface area contributed by atoms with Gasteiger partial charge in [0.05, 0.1) is 36.2 Å². The van der Waals surface area contributed by atoms with Gasteiger partial charge in [0.15, 0.2) is 0 Å². The Morgan fingerprint density at radius 2 is 2.23 bits per heavy atom. The van der Waals surface area contributed by atoms with Crippen LogP contribution in [0.3, 0.4) is 0 Å². The van der Waals surface area contributed by atoms with Gasteiger partial charge < -0.3 is 20.4 Å². The van der Waals surface area contributed by atoms with E-state index in [4.69, 9.17) is 22.1 Å². The van der Waals surface area contributed by atoms with Gasteiger partial charge in [0, 0.05) is 54.9 Å². The number of aromatic amines is 1. The number of fused-ring (bicyclic) bond motifs is 3. The summed E-state index contributed by atoms with van der Waals surface area (Å²) in [6, 6.07) is 14.0. The normalized spacial score (nSPS) is 14.7. The molecular weight excluding hydrogens is 466 g/mol. The van der Waals surface area contributed by atoms with Crippen LogP contribution in [0.5, 0.6) is 0 Å². The Kier molecular flexibility index (Phi) is 6.52. The second-order valence-corrected chi connectivity index (χ2v) is 9.02. The molecule has 4 aromatic rings. The summed E-state index contributed by atoms with van der Waals surface area (Å²) < 4.78 is 9.30. The van der Waals surface area contributed by atoms with Gasteiger partial charge in [-0.25, -0.2) is 0 Å². The number of aliphatic imine (C=N–C) groups is 1. The van der Waals surface area contributed by atoms with Crippen molar-refractivity contribution in [1.82, 2.24) is 20.1 Å². The van der Waals surface area contributed by atoms with E-state index in [0.29, 0.717) is 43.4 Å². The fraction of sp³-hybridized carbons (Fsp3) is 0.280. The topological polar surface area (TPSA) is 114 Å². The molecule has 0 saturated carbocycles. The zero-order chi connectivity index (χ0) is 24.4. The molecule has 1 fully saturated rings. The molecule has 1 aromatic carbocycles. The zero-order valence-corrected chi connectivity index (χ0v) is 20.1. The molecule has 0 spiro atoms. The molecule has 0 aliphatic carbocycles. The number of nitrogens with one attached hydrogen (secondary N) is 2. The van der Waals surface area contributed by atoms with Crippen molar-refractivity contribution in [3.63, 3.8) is 0 Å². The van der Waals surface area contributed by atoms with Gasteiger partial charge >= 0.3 is 5.65 Å². The first-order valence-electron chi connectivity index (χ1n) is 11.5. The Morgan fingerprint density at radius 3 is 3.00 bits per heavy atom. The van der Waals surface area contributed by atoms with Crippen LogP contribution in [-0.4, -0.2) is 52.7 Å². The average Bonchev–Trinajstić information content (AvgIpc) is 3.36. The lowest BCUT2D eigenvalue weighted by Gasteiger charge is -2.26. The number of hydrogen-bond acceptors (Lipinski definition) is 5.